The third-order valence-corrected chi connectivity index (χ3v) is 3.24. The van der Waals surface area contributed by atoms with Gasteiger partial charge in [0.15, 0.2) is 10.5 Å². The number of imidazole rings is 1. The second-order valence-electron chi connectivity index (χ2n) is 3.71. The van der Waals surface area contributed by atoms with Crippen LogP contribution in [0.15, 0.2) is 24.3 Å². The molecule has 0 aliphatic carbocycles. The highest BCUT2D eigenvalue weighted by atomic mass is 35.5. The number of esters is 1. The Morgan fingerprint density at radius 1 is 1.39 bits per heavy atom. The van der Waals surface area contributed by atoms with Gasteiger partial charge in [-0.25, -0.2) is 4.79 Å². The molecule has 0 radical (unpaired) electrons. The van der Waals surface area contributed by atoms with Gasteiger partial charge in [-0.05, 0) is 24.4 Å². The molecule has 0 bridgehead atoms. The summed E-state index contributed by atoms with van der Waals surface area (Å²) in [6.45, 7) is 0. The van der Waals surface area contributed by atoms with Crippen LogP contribution in [0.25, 0.3) is 11.3 Å². The van der Waals surface area contributed by atoms with Gasteiger partial charge in [0.05, 0.1) is 12.8 Å². The number of nitrogens with one attached hydrogen (secondary N) is 1. The van der Waals surface area contributed by atoms with Crippen LogP contribution in [0, 0.1) is 4.77 Å². The predicted octanol–water partition coefficient (Wildman–Crippen LogP) is 3.19. The lowest BCUT2D eigenvalue weighted by Crippen LogP contribution is -2.04. The Labute approximate surface area is 114 Å². The van der Waals surface area contributed by atoms with E-state index >= 15 is 0 Å². The molecule has 94 valence electrons. The summed E-state index contributed by atoms with van der Waals surface area (Å²) in [5, 5.41) is 0.634. The number of benzene rings is 1. The van der Waals surface area contributed by atoms with Crippen LogP contribution >= 0.6 is 23.8 Å². The van der Waals surface area contributed by atoms with Gasteiger partial charge in [-0.1, -0.05) is 23.7 Å². The zero-order valence-electron chi connectivity index (χ0n) is 9.86. The van der Waals surface area contributed by atoms with Crippen LogP contribution in [0.1, 0.15) is 10.5 Å². The monoisotopic (exact) mass is 282 g/mol. The first kappa shape index (κ1) is 12.9. The first-order valence-electron chi connectivity index (χ1n) is 5.18. The maximum absolute atomic E-state index is 11.7. The summed E-state index contributed by atoms with van der Waals surface area (Å²) in [5.74, 6) is -0.452. The maximum Gasteiger partial charge on any atom is 0.356 e. The summed E-state index contributed by atoms with van der Waals surface area (Å²) < 4.78 is 6.92. The maximum atomic E-state index is 11.7. The van der Waals surface area contributed by atoms with Crippen LogP contribution < -0.4 is 0 Å². The van der Waals surface area contributed by atoms with Gasteiger partial charge < -0.3 is 14.3 Å². The van der Waals surface area contributed by atoms with Crippen LogP contribution in [0.2, 0.25) is 5.02 Å². The van der Waals surface area contributed by atoms with Crippen molar-refractivity contribution in [3.05, 3.63) is 39.8 Å². The lowest BCUT2D eigenvalue weighted by Gasteiger charge is -2.05. The number of hydrogen-bond acceptors (Lipinski definition) is 3. The van der Waals surface area contributed by atoms with Gasteiger partial charge in [-0.3, -0.25) is 0 Å². The Bertz CT molecular complexity index is 643. The van der Waals surface area contributed by atoms with Crippen LogP contribution in [0.5, 0.6) is 0 Å². The molecule has 1 heterocycles. The summed E-state index contributed by atoms with van der Waals surface area (Å²) in [4.78, 5) is 14.5. The fourth-order valence-electron chi connectivity index (χ4n) is 1.71. The molecule has 1 N–H and O–H groups in total. The van der Waals surface area contributed by atoms with Crippen molar-refractivity contribution in [3.63, 3.8) is 0 Å². The first-order valence-corrected chi connectivity index (χ1v) is 5.96. The number of aromatic amines is 1. The largest absolute Gasteiger partial charge is 0.464 e. The predicted molar refractivity (Wildman–Crippen MR) is 72.4 cm³/mol. The Morgan fingerprint density at radius 3 is 2.56 bits per heavy atom. The molecule has 0 atom stereocenters. The molecular formula is C12H11ClN2O2S. The number of carbonyl (C=O) groups is 1. The molecule has 0 amide bonds. The summed E-state index contributed by atoms with van der Waals surface area (Å²) in [6, 6.07) is 7.17. The van der Waals surface area contributed by atoms with E-state index in [1.807, 2.05) is 12.1 Å². The van der Waals surface area contributed by atoms with Crippen LogP contribution in [-0.2, 0) is 11.8 Å². The number of carbonyl (C=O) groups excluding carboxylic acids is 1. The smallest absolute Gasteiger partial charge is 0.356 e. The first-order chi connectivity index (χ1) is 8.54. The van der Waals surface area contributed by atoms with Gasteiger partial charge in [-0.2, -0.15) is 0 Å². The van der Waals surface area contributed by atoms with Gasteiger partial charge in [0.2, 0.25) is 0 Å². The number of rotatable bonds is 2. The van der Waals surface area contributed by atoms with Crippen molar-refractivity contribution >= 4 is 29.8 Å². The average molecular weight is 283 g/mol. The SMILES string of the molecule is COC(=O)c1[nH]c(=S)n(C)c1-c1ccc(Cl)cc1. The van der Waals surface area contributed by atoms with Crippen LogP contribution in [0.3, 0.4) is 0 Å². The normalized spacial score (nSPS) is 10.4. The van der Waals surface area contributed by atoms with E-state index in [-0.39, 0.29) is 0 Å². The van der Waals surface area contributed by atoms with E-state index in [0.29, 0.717) is 21.2 Å². The van der Waals surface area contributed by atoms with E-state index < -0.39 is 5.97 Å². The van der Waals surface area contributed by atoms with Gasteiger partial charge in [0, 0.05) is 17.6 Å². The fourth-order valence-corrected chi connectivity index (χ4v) is 2.03. The number of aromatic nitrogens is 2. The van der Waals surface area contributed by atoms with Crippen molar-refractivity contribution in [1.82, 2.24) is 9.55 Å². The highest BCUT2D eigenvalue weighted by Crippen LogP contribution is 2.25. The molecule has 0 fully saturated rings. The molecule has 2 aromatic rings. The van der Waals surface area contributed by atoms with E-state index in [2.05, 4.69) is 4.98 Å². The van der Waals surface area contributed by atoms with Crippen molar-refractivity contribution in [2.45, 2.75) is 0 Å². The summed E-state index contributed by atoms with van der Waals surface area (Å²) >= 11 is 11.0. The molecule has 1 aromatic heterocycles. The standard InChI is InChI=1S/C12H11ClN2O2S/c1-15-10(7-3-5-8(13)6-4-7)9(11(16)17-2)14-12(15)18/h3-6H,1-2H3,(H,14,18). The van der Waals surface area contributed by atoms with Crippen LogP contribution in [0.4, 0.5) is 0 Å². The minimum absolute atomic E-state index is 0.340. The van der Waals surface area contributed by atoms with Crippen molar-refractivity contribution < 1.29 is 9.53 Å². The fraction of sp³-hybridized carbons (Fsp3) is 0.167. The van der Waals surface area contributed by atoms with Crippen molar-refractivity contribution in [3.8, 4) is 11.3 Å². The number of nitrogens with zero attached hydrogens (tertiary/aromatic N) is 1. The van der Waals surface area contributed by atoms with Crippen molar-refractivity contribution in [1.29, 1.82) is 0 Å². The second-order valence-corrected chi connectivity index (χ2v) is 4.53. The molecule has 0 aliphatic rings. The Hall–Kier alpha value is -1.59. The van der Waals surface area contributed by atoms with Crippen molar-refractivity contribution in [2.24, 2.45) is 7.05 Å². The summed E-state index contributed by atoms with van der Waals surface area (Å²) in [6.07, 6.45) is 0. The topological polar surface area (TPSA) is 47.0 Å². The summed E-state index contributed by atoms with van der Waals surface area (Å²) in [5.41, 5.74) is 1.87. The van der Waals surface area contributed by atoms with E-state index in [1.165, 1.54) is 7.11 Å². The third-order valence-electron chi connectivity index (χ3n) is 2.62. The van der Waals surface area contributed by atoms with Gasteiger partial charge in [0.25, 0.3) is 0 Å². The zero-order valence-corrected chi connectivity index (χ0v) is 11.4. The number of H-pyrrole nitrogens is 1. The van der Waals surface area contributed by atoms with Gasteiger partial charge in [-0.15, -0.1) is 0 Å². The molecule has 2 rings (SSSR count). The molecule has 1 aromatic carbocycles. The molecule has 0 saturated heterocycles. The minimum atomic E-state index is -0.452. The Kier molecular flexibility index (Phi) is 3.54. The zero-order chi connectivity index (χ0) is 13.3. The minimum Gasteiger partial charge on any atom is -0.464 e. The number of hydrogen-bond donors (Lipinski definition) is 1. The number of halogens is 1. The number of ether oxygens (including phenoxy) is 1. The quantitative estimate of drug-likeness (QED) is 0.680. The number of methoxy groups -OCH3 is 1. The molecule has 0 aliphatic heterocycles. The van der Waals surface area contributed by atoms with Crippen LogP contribution in [-0.4, -0.2) is 22.6 Å². The lowest BCUT2D eigenvalue weighted by atomic mass is 10.1. The molecular weight excluding hydrogens is 272 g/mol. The molecule has 0 saturated carbocycles. The molecule has 6 heteroatoms. The molecule has 0 unspecified atom stereocenters. The van der Waals surface area contributed by atoms with E-state index in [1.54, 1.807) is 23.7 Å². The van der Waals surface area contributed by atoms with Crippen molar-refractivity contribution in [2.75, 3.05) is 7.11 Å². The van der Waals surface area contributed by atoms with E-state index in [0.717, 1.165) is 5.56 Å². The molecule has 0 spiro atoms. The highest BCUT2D eigenvalue weighted by Gasteiger charge is 2.18. The Balaban J connectivity index is 2.66. The third kappa shape index (κ3) is 2.19. The average Bonchev–Trinajstić information content (AvgIpc) is 2.66. The Morgan fingerprint density at radius 2 is 2.00 bits per heavy atom. The highest BCUT2D eigenvalue weighted by molar-refractivity contribution is 7.71. The molecule has 18 heavy (non-hydrogen) atoms. The summed E-state index contributed by atoms with van der Waals surface area (Å²) in [7, 11) is 3.12. The van der Waals surface area contributed by atoms with Gasteiger partial charge in [0.1, 0.15) is 0 Å². The molecule has 4 nitrogen and oxygen atoms in total. The van der Waals surface area contributed by atoms with E-state index in [9.17, 15) is 4.79 Å². The van der Waals surface area contributed by atoms with E-state index in [4.69, 9.17) is 28.6 Å². The lowest BCUT2D eigenvalue weighted by molar-refractivity contribution is 0.0595. The second kappa shape index (κ2) is 4.96. The van der Waals surface area contributed by atoms with Gasteiger partial charge >= 0.3 is 5.97 Å².